The molecule has 1 saturated heterocycles. The lowest BCUT2D eigenvalue weighted by Crippen LogP contribution is -2.41. The molecule has 2 rings (SSSR count). The molecule has 0 bridgehead atoms. The van der Waals surface area contributed by atoms with Gasteiger partial charge >= 0.3 is 12.0 Å². The fourth-order valence-corrected chi connectivity index (χ4v) is 2.08. The standard InChI is InChI=1S/C13H13FN2O4/c1-7-3-4-8(5-9(7)14)13(2)11(19)16(6-10(17)18)12(20)15-13/h3-5H,6H2,1-2H3,(H,15,20)(H,17,18). The van der Waals surface area contributed by atoms with E-state index in [-0.39, 0.29) is 5.56 Å². The summed E-state index contributed by atoms with van der Waals surface area (Å²) >= 11 is 0. The van der Waals surface area contributed by atoms with Gasteiger partial charge in [-0.05, 0) is 31.0 Å². The van der Waals surface area contributed by atoms with Crippen molar-refractivity contribution >= 4 is 17.9 Å². The fraction of sp³-hybridized carbons (Fsp3) is 0.308. The van der Waals surface area contributed by atoms with Gasteiger partial charge in [0, 0.05) is 0 Å². The van der Waals surface area contributed by atoms with Crippen LogP contribution in [0.15, 0.2) is 18.2 Å². The summed E-state index contributed by atoms with van der Waals surface area (Å²) in [6.07, 6.45) is 0. The maximum absolute atomic E-state index is 13.6. The predicted molar refractivity (Wildman–Crippen MR) is 66.4 cm³/mol. The number of nitrogens with one attached hydrogen (secondary N) is 1. The van der Waals surface area contributed by atoms with Gasteiger partial charge in [-0.15, -0.1) is 0 Å². The van der Waals surface area contributed by atoms with Gasteiger partial charge in [0.05, 0.1) is 0 Å². The van der Waals surface area contributed by atoms with E-state index < -0.39 is 35.8 Å². The van der Waals surface area contributed by atoms with Crippen LogP contribution in [0.4, 0.5) is 9.18 Å². The van der Waals surface area contributed by atoms with Crippen LogP contribution in [0.5, 0.6) is 0 Å². The summed E-state index contributed by atoms with van der Waals surface area (Å²) in [6.45, 7) is 2.26. The van der Waals surface area contributed by atoms with Gasteiger partial charge in [-0.2, -0.15) is 0 Å². The first-order chi connectivity index (χ1) is 9.25. The van der Waals surface area contributed by atoms with Crippen molar-refractivity contribution in [1.29, 1.82) is 0 Å². The number of nitrogens with zero attached hydrogens (tertiary/aromatic N) is 1. The van der Waals surface area contributed by atoms with Crippen LogP contribution in [0, 0.1) is 12.7 Å². The van der Waals surface area contributed by atoms with Crippen LogP contribution in [-0.4, -0.2) is 34.5 Å². The Kier molecular flexibility index (Phi) is 3.21. The zero-order valence-corrected chi connectivity index (χ0v) is 10.9. The summed E-state index contributed by atoms with van der Waals surface area (Å²) in [5.41, 5.74) is -0.774. The minimum atomic E-state index is -1.46. The van der Waals surface area contributed by atoms with Crippen molar-refractivity contribution in [3.05, 3.63) is 35.1 Å². The number of carboxylic acid groups (broad SMARTS) is 1. The molecule has 0 saturated carbocycles. The monoisotopic (exact) mass is 280 g/mol. The average Bonchev–Trinajstić information content (AvgIpc) is 2.57. The first-order valence-corrected chi connectivity index (χ1v) is 5.88. The Morgan fingerprint density at radius 3 is 2.65 bits per heavy atom. The summed E-state index contributed by atoms with van der Waals surface area (Å²) in [6, 6.07) is 3.38. The minimum absolute atomic E-state index is 0.270. The summed E-state index contributed by atoms with van der Waals surface area (Å²) in [5, 5.41) is 11.1. The lowest BCUT2D eigenvalue weighted by atomic mass is 9.91. The number of rotatable bonds is 3. The van der Waals surface area contributed by atoms with Gasteiger partial charge in [0.25, 0.3) is 5.91 Å². The number of benzene rings is 1. The zero-order chi connectivity index (χ0) is 15.1. The number of aliphatic carboxylic acids is 1. The number of halogens is 1. The van der Waals surface area contributed by atoms with E-state index in [1.165, 1.54) is 19.1 Å². The number of hydrogen-bond acceptors (Lipinski definition) is 3. The molecule has 3 amide bonds. The van der Waals surface area contributed by atoms with Crippen LogP contribution < -0.4 is 5.32 Å². The molecule has 106 valence electrons. The Morgan fingerprint density at radius 2 is 2.10 bits per heavy atom. The van der Waals surface area contributed by atoms with Crippen LogP contribution >= 0.6 is 0 Å². The Morgan fingerprint density at radius 1 is 1.45 bits per heavy atom. The molecule has 20 heavy (non-hydrogen) atoms. The number of amides is 3. The smallest absolute Gasteiger partial charge is 0.325 e. The van der Waals surface area contributed by atoms with Gasteiger partial charge in [0.15, 0.2) is 0 Å². The topological polar surface area (TPSA) is 86.7 Å². The summed E-state index contributed by atoms with van der Waals surface area (Å²) in [7, 11) is 0. The molecule has 0 radical (unpaired) electrons. The number of carbonyl (C=O) groups excluding carboxylic acids is 2. The predicted octanol–water partition coefficient (Wildman–Crippen LogP) is 0.986. The van der Waals surface area contributed by atoms with Crippen LogP contribution in [0.3, 0.4) is 0 Å². The molecule has 1 atom stereocenters. The van der Waals surface area contributed by atoms with Gasteiger partial charge in [0.2, 0.25) is 0 Å². The number of aryl methyl sites for hydroxylation is 1. The first-order valence-electron chi connectivity index (χ1n) is 5.88. The van der Waals surface area contributed by atoms with Gasteiger partial charge in [0.1, 0.15) is 17.9 Å². The molecule has 1 fully saturated rings. The quantitative estimate of drug-likeness (QED) is 0.808. The second-order valence-electron chi connectivity index (χ2n) is 4.80. The van der Waals surface area contributed by atoms with Crippen molar-refractivity contribution < 1.29 is 23.9 Å². The maximum atomic E-state index is 13.6. The highest BCUT2D eigenvalue weighted by atomic mass is 19.1. The van der Waals surface area contributed by atoms with Crippen LogP contribution in [0.1, 0.15) is 18.1 Å². The minimum Gasteiger partial charge on any atom is -0.480 e. The molecule has 1 heterocycles. The summed E-state index contributed by atoms with van der Waals surface area (Å²) in [5.74, 6) is -2.51. The molecule has 0 aromatic heterocycles. The number of carbonyl (C=O) groups is 3. The zero-order valence-electron chi connectivity index (χ0n) is 10.9. The van der Waals surface area contributed by atoms with Crippen molar-refractivity contribution in [1.82, 2.24) is 10.2 Å². The molecule has 0 spiro atoms. The molecule has 2 N–H and O–H groups in total. The normalized spacial score (nSPS) is 22.1. The van der Waals surface area contributed by atoms with E-state index in [1.807, 2.05) is 0 Å². The Balaban J connectivity index is 2.40. The molecule has 6 nitrogen and oxygen atoms in total. The third-order valence-electron chi connectivity index (χ3n) is 3.32. The Bertz CT molecular complexity index is 616. The number of hydrogen-bond donors (Lipinski definition) is 2. The molecular weight excluding hydrogens is 267 g/mol. The molecule has 1 unspecified atom stereocenters. The number of carboxylic acids is 1. The van der Waals surface area contributed by atoms with Crippen molar-refractivity contribution in [2.75, 3.05) is 6.54 Å². The second kappa shape index (κ2) is 4.59. The summed E-state index contributed by atoms with van der Waals surface area (Å²) < 4.78 is 13.6. The highest BCUT2D eigenvalue weighted by Gasteiger charge is 2.49. The summed E-state index contributed by atoms with van der Waals surface area (Å²) in [4.78, 5) is 35.2. The molecular formula is C13H13FN2O4. The lowest BCUT2D eigenvalue weighted by Gasteiger charge is -2.22. The molecule has 7 heteroatoms. The molecule has 1 aliphatic heterocycles. The first kappa shape index (κ1) is 14.0. The van der Waals surface area contributed by atoms with Crippen molar-refractivity contribution in [2.45, 2.75) is 19.4 Å². The third-order valence-corrected chi connectivity index (χ3v) is 3.32. The molecule has 1 aliphatic rings. The van der Waals surface area contributed by atoms with Crippen molar-refractivity contribution in [3.8, 4) is 0 Å². The van der Waals surface area contributed by atoms with E-state index in [4.69, 9.17) is 5.11 Å². The van der Waals surface area contributed by atoms with Crippen molar-refractivity contribution in [3.63, 3.8) is 0 Å². The van der Waals surface area contributed by atoms with E-state index in [0.717, 1.165) is 6.07 Å². The van der Waals surface area contributed by atoms with Gasteiger partial charge < -0.3 is 10.4 Å². The van der Waals surface area contributed by atoms with E-state index in [2.05, 4.69) is 5.32 Å². The fourth-order valence-electron chi connectivity index (χ4n) is 2.08. The highest BCUT2D eigenvalue weighted by Crippen LogP contribution is 2.29. The van der Waals surface area contributed by atoms with E-state index in [1.54, 1.807) is 6.92 Å². The Hall–Kier alpha value is -2.44. The number of urea groups is 1. The highest BCUT2D eigenvalue weighted by molar-refractivity contribution is 6.08. The van der Waals surface area contributed by atoms with Crippen LogP contribution in [-0.2, 0) is 15.1 Å². The van der Waals surface area contributed by atoms with Gasteiger partial charge in [-0.1, -0.05) is 12.1 Å². The van der Waals surface area contributed by atoms with Gasteiger partial charge in [-0.3, -0.25) is 14.5 Å². The van der Waals surface area contributed by atoms with Gasteiger partial charge in [-0.25, -0.2) is 9.18 Å². The Labute approximate surface area is 114 Å². The molecule has 1 aromatic carbocycles. The molecule has 0 aliphatic carbocycles. The SMILES string of the molecule is Cc1ccc(C2(C)NC(=O)N(CC(=O)O)C2=O)cc1F. The second-order valence-corrected chi connectivity index (χ2v) is 4.80. The largest absolute Gasteiger partial charge is 0.480 e. The number of imide groups is 1. The van der Waals surface area contributed by atoms with E-state index in [9.17, 15) is 18.8 Å². The van der Waals surface area contributed by atoms with Crippen LogP contribution in [0.25, 0.3) is 0 Å². The maximum Gasteiger partial charge on any atom is 0.325 e. The molecule has 1 aromatic rings. The van der Waals surface area contributed by atoms with Crippen molar-refractivity contribution in [2.24, 2.45) is 0 Å². The van der Waals surface area contributed by atoms with E-state index in [0.29, 0.717) is 10.5 Å². The lowest BCUT2D eigenvalue weighted by molar-refractivity contribution is -0.142. The van der Waals surface area contributed by atoms with E-state index >= 15 is 0 Å². The average molecular weight is 280 g/mol. The third kappa shape index (κ3) is 2.11. The van der Waals surface area contributed by atoms with Crippen LogP contribution in [0.2, 0.25) is 0 Å².